The van der Waals surface area contributed by atoms with Crippen molar-refractivity contribution in [2.75, 3.05) is 4.90 Å². The van der Waals surface area contributed by atoms with Crippen LogP contribution in [0.3, 0.4) is 0 Å². The van der Waals surface area contributed by atoms with Crippen molar-refractivity contribution in [3.05, 3.63) is 64.7 Å². The molecule has 3 rings (SSSR count). The van der Waals surface area contributed by atoms with Crippen LogP contribution in [-0.4, -0.2) is 17.0 Å². The van der Waals surface area contributed by atoms with E-state index in [1.165, 1.54) is 24.3 Å². The Hall–Kier alpha value is -2.83. The summed E-state index contributed by atoms with van der Waals surface area (Å²) < 4.78 is 38.4. The van der Waals surface area contributed by atoms with E-state index in [1.54, 1.807) is 6.07 Å². The number of hydrogen-bond acceptors (Lipinski definition) is 2. The number of benzene rings is 2. The van der Waals surface area contributed by atoms with Crippen molar-refractivity contribution in [3.8, 4) is 0 Å². The van der Waals surface area contributed by atoms with Gasteiger partial charge in [0, 0.05) is 5.69 Å². The average molecular weight is 321 g/mol. The van der Waals surface area contributed by atoms with E-state index in [2.05, 4.69) is 0 Å². The van der Waals surface area contributed by atoms with Crippen molar-refractivity contribution in [3.63, 3.8) is 0 Å². The molecule has 0 fully saturated rings. The van der Waals surface area contributed by atoms with E-state index in [9.17, 15) is 22.8 Å². The van der Waals surface area contributed by atoms with Crippen LogP contribution in [0, 0.1) is 0 Å². The molecule has 1 amide bonds. The van der Waals surface area contributed by atoms with Gasteiger partial charge in [0.25, 0.3) is 5.91 Å². The van der Waals surface area contributed by atoms with Crippen LogP contribution >= 0.6 is 0 Å². The van der Waals surface area contributed by atoms with Crippen LogP contribution in [0.1, 0.15) is 31.8 Å². The van der Waals surface area contributed by atoms with Gasteiger partial charge in [0.15, 0.2) is 0 Å². The van der Waals surface area contributed by atoms with Crippen LogP contribution < -0.4 is 4.90 Å². The van der Waals surface area contributed by atoms with Crippen molar-refractivity contribution in [2.24, 2.45) is 0 Å². The van der Waals surface area contributed by atoms with Gasteiger partial charge in [-0.1, -0.05) is 18.2 Å². The lowest BCUT2D eigenvalue weighted by Gasteiger charge is -2.17. The van der Waals surface area contributed by atoms with Gasteiger partial charge in [0.2, 0.25) is 0 Å². The summed E-state index contributed by atoms with van der Waals surface area (Å²) in [5, 5.41) is 9.15. The number of amides is 1. The molecule has 0 saturated heterocycles. The van der Waals surface area contributed by atoms with Gasteiger partial charge in [-0.3, -0.25) is 4.79 Å². The van der Waals surface area contributed by atoms with E-state index in [0.717, 1.165) is 17.0 Å². The smallest absolute Gasteiger partial charge is 0.416 e. The summed E-state index contributed by atoms with van der Waals surface area (Å²) in [5.74, 6) is -1.86. The Morgan fingerprint density at radius 1 is 1.13 bits per heavy atom. The van der Waals surface area contributed by atoms with E-state index < -0.39 is 23.6 Å². The summed E-state index contributed by atoms with van der Waals surface area (Å²) in [4.78, 5) is 24.8. The Balaban J connectivity index is 2.04. The molecule has 4 nitrogen and oxygen atoms in total. The van der Waals surface area contributed by atoms with Crippen LogP contribution in [0.25, 0.3) is 0 Å². The Morgan fingerprint density at radius 3 is 2.48 bits per heavy atom. The zero-order valence-corrected chi connectivity index (χ0v) is 11.6. The maximum Gasteiger partial charge on any atom is 0.416 e. The molecule has 1 aliphatic heterocycles. The van der Waals surface area contributed by atoms with Crippen molar-refractivity contribution >= 4 is 17.6 Å². The third-order valence-corrected chi connectivity index (χ3v) is 3.65. The quantitative estimate of drug-likeness (QED) is 0.920. The number of hydrogen-bond donors (Lipinski definition) is 1. The lowest BCUT2D eigenvalue weighted by molar-refractivity contribution is -0.137. The van der Waals surface area contributed by atoms with Crippen LogP contribution in [0.5, 0.6) is 0 Å². The molecule has 2 aromatic rings. The molecule has 1 aliphatic rings. The van der Waals surface area contributed by atoms with Crippen molar-refractivity contribution in [1.29, 1.82) is 0 Å². The molecule has 0 saturated carbocycles. The minimum atomic E-state index is -4.52. The van der Waals surface area contributed by atoms with E-state index in [-0.39, 0.29) is 23.4 Å². The first-order valence-electron chi connectivity index (χ1n) is 6.63. The minimum absolute atomic E-state index is 0.0254. The summed E-state index contributed by atoms with van der Waals surface area (Å²) in [5.41, 5.74) is -0.429. The third-order valence-electron chi connectivity index (χ3n) is 3.65. The van der Waals surface area contributed by atoms with Crippen LogP contribution in [-0.2, 0) is 12.7 Å². The topological polar surface area (TPSA) is 57.6 Å². The number of fused-ring (bicyclic) bond motifs is 1. The molecule has 0 unspecified atom stereocenters. The highest BCUT2D eigenvalue weighted by Crippen LogP contribution is 2.35. The Bertz CT molecular complexity index is 814. The number of carboxylic acids is 1. The first-order valence-corrected chi connectivity index (χ1v) is 6.63. The van der Waals surface area contributed by atoms with Gasteiger partial charge >= 0.3 is 12.1 Å². The predicted octanol–water partition coefficient (Wildman–Crippen LogP) is 3.56. The molecule has 0 radical (unpaired) electrons. The molecule has 0 aliphatic carbocycles. The average Bonchev–Trinajstić information content (AvgIpc) is 2.84. The molecular formula is C16H10F3NO3. The third kappa shape index (κ3) is 2.54. The molecule has 23 heavy (non-hydrogen) atoms. The summed E-state index contributed by atoms with van der Waals surface area (Å²) in [7, 11) is 0. The second-order valence-electron chi connectivity index (χ2n) is 5.08. The molecule has 7 heteroatoms. The highest BCUT2D eigenvalue weighted by atomic mass is 19.4. The van der Waals surface area contributed by atoms with Gasteiger partial charge in [-0.2, -0.15) is 13.2 Å². The first kappa shape index (κ1) is 15.1. The first-order chi connectivity index (χ1) is 10.8. The fourth-order valence-electron chi connectivity index (χ4n) is 2.60. The minimum Gasteiger partial charge on any atom is -0.478 e. The zero-order chi connectivity index (χ0) is 16.8. The standard InChI is InChI=1S/C16H10F3NO3/c17-16(18,19)10-4-2-5-11(7-10)20-8-9-3-1-6-12(15(22)23)13(9)14(20)21/h1-7H,8H2,(H,22,23). The largest absolute Gasteiger partial charge is 0.478 e. The van der Waals surface area contributed by atoms with Crippen molar-refractivity contribution in [1.82, 2.24) is 0 Å². The summed E-state index contributed by atoms with van der Waals surface area (Å²) >= 11 is 0. The van der Waals surface area contributed by atoms with Crippen LogP contribution in [0.15, 0.2) is 42.5 Å². The molecular weight excluding hydrogens is 311 g/mol. The second-order valence-corrected chi connectivity index (χ2v) is 5.08. The zero-order valence-electron chi connectivity index (χ0n) is 11.6. The maximum absolute atomic E-state index is 12.8. The number of aromatic carboxylic acids is 1. The lowest BCUT2D eigenvalue weighted by atomic mass is 10.0. The van der Waals surface area contributed by atoms with E-state index in [4.69, 9.17) is 5.11 Å². The van der Waals surface area contributed by atoms with Gasteiger partial charge in [-0.15, -0.1) is 0 Å². The normalized spacial score (nSPS) is 14.0. The summed E-state index contributed by atoms with van der Waals surface area (Å²) in [6, 6.07) is 8.79. The van der Waals surface area contributed by atoms with Crippen LogP contribution in [0.2, 0.25) is 0 Å². The number of nitrogens with zero attached hydrogens (tertiary/aromatic N) is 1. The van der Waals surface area contributed by atoms with E-state index >= 15 is 0 Å². The Labute approximate surface area is 128 Å². The molecule has 0 aromatic heterocycles. The number of anilines is 1. The van der Waals surface area contributed by atoms with Gasteiger partial charge < -0.3 is 10.0 Å². The number of halogens is 3. The second kappa shape index (κ2) is 5.12. The maximum atomic E-state index is 12.8. The highest BCUT2D eigenvalue weighted by Gasteiger charge is 2.35. The molecule has 0 spiro atoms. The molecule has 2 aromatic carbocycles. The monoisotopic (exact) mass is 321 g/mol. The molecule has 1 heterocycles. The summed E-state index contributed by atoms with van der Waals surface area (Å²) in [6.07, 6.45) is -4.52. The van der Waals surface area contributed by atoms with Gasteiger partial charge in [-0.05, 0) is 29.8 Å². The van der Waals surface area contributed by atoms with Crippen molar-refractivity contribution < 1.29 is 27.9 Å². The number of carbonyl (C=O) groups is 2. The summed E-state index contributed by atoms with van der Waals surface area (Å²) in [6.45, 7) is 0.0383. The van der Waals surface area contributed by atoms with Gasteiger partial charge in [0.05, 0.1) is 23.2 Å². The predicted molar refractivity (Wildman–Crippen MR) is 75.4 cm³/mol. The fourth-order valence-corrected chi connectivity index (χ4v) is 2.60. The fraction of sp³-hybridized carbons (Fsp3) is 0.125. The SMILES string of the molecule is O=C(O)c1cccc2c1C(=O)N(c1cccc(C(F)(F)F)c1)C2. The number of alkyl halides is 3. The number of carbonyl (C=O) groups excluding carboxylic acids is 1. The van der Waals surface area contributed by atoms with Gasteiger partial charge in [0.1, 0.15) is 0 Å². The Kier molecular flexibility index (Phi) is 3.35. The molecule has 0 bridgehead atoms. The van der Waals surface area contributed by atoms with Crippen LogP contribution in [0.4, 0.5) is 18.9 Å². The Morgan fingerprint density at radius 2 is 1.83 bits per heavy atom. The molecule has 1 N–H and O–H groups in total. The molecule has 0 atom stereocenters. The molecule has 118 valence electrons. The number of carboxylic acid groups (broad SMARTS) is 1. The van der Waals surface area contributed by atoms with E-state index in [1.807, 2.05) is 0 Å². The highest BCUT2D eigenvalue weighted by molar-refractivity contribution is 6.15. The van der Waals surface area contributed by atoms with Crippen molar-refractivity contribution in [2.45, 2.75) is 12.7 Å². The number of rotatable bonds is 2. The van der Waals surface area contributed by atoms with Gasteiger partial charge in [-0.25, -0.2) is 4.79 Å². The lowest BCUT2D eigenvalue weighted by Crippen LogP contribution is -2.24. The van der Waals surface area contributed by atoms with E-state index in [0.29, 0.717) is 5.56 Å².